The molecule has 0 fully saturated rings. The van der Waals surface area contributed by atoms with Gasteiger partial charge in [0.2, 0.25) is 0 Å². The number of aliphatic imine (C=N–C) groups is 1. The zero-order chi connectivity index (χ0) is 17.8. The molecule has 1 aliphatic carbocycles. The number of hydrogen-bond donors (Lipinski definition) is 2. The van der Waals surface area contributed by atoms with Gasteiger partial charge in [-0.3, -0.25) is 4.99 Å². The third-order valence-corrected chi connectivity index (χ3v) is 5.07. The van der Waals surface area contributed by atoms with Gasteiger partial charge in [-0.25, -0.2) is 0 Å². The number of aryl methyl sites for hydroxylation is 2. The summed E-state index contributed by atoms with van der Waals surface area (Å²) in [5.41, 5.74) is 4.95. The molecule has 5 nitrogen and oxygen atoms in total. The third-order valence-electron chi connectivity index (χ3n) is 5.07. The van der Waals surface area contributed by atoms with Gasteiger partial charge < -0.3 is 19.9 Å². The van der Waals surface area contributed by atoms with E-state index in [-0.39, 0.29) is 0 Å². The summed E-state index contributed by atoms with van der Waals surface area (Å²) in [4.78, 5) is 6.49. The van der Waals surface area contributed by atoms with Crippen molar-refractivity contribution in [1.29, 1.82) is 0 Å². The molecule has 0 bridgehead atoms. The average Bonchev–Trinajstić information content (AvgIpc) is 3.02. The van der Waals surface area contributed by atoms with Gasteiger partial charge in [-0.2, -0.15) is 0 Å². The Labute approximate surface area is 150 Å². The first kappa shape index (κ1) is 17.4. The molecule has 0 spiro atoms. The standard InChI is InChI=1S/C20H28N4O/c1-21-20(24(3)14-16-8-6-12-23(16)2)22-13-18-17-9-5-4-7-15(17)10-11-19(18)25/h6,8,10-12,25H,4-5,7,9,13-14H2,1-3H3,(H,21,22). The van der Waals surface area contributed by atoms with Crippen LogP contribution < -0.4 is 5.32 Å². The Hall–Kier alpha value is -2.43. The van der Waals surface area contributed by atoms with Crippen molar-refractivity contribution in [1.82, 2.24) is 14.8 Å². The van der Waals surface area contributed by atoms with Crippen molar-refractivity contribution in [3.05, 3.63) is 52.8 Å². The molecule has 3 rings (SSSR count). The first-order valence-electron chi connectivity index (χ1n) is 8.94. The average molecular weight is 340 g/mol. The summed E-state index contributed by atoms with van der Waals surface area (Å²) in [6.45, 7) is 1.38. The smallest absolute Gasteiger partial charge is 0.194 e. The van der Waals surface area contributed by atoms with Gasteiger partial charge in [0.15, 0.2) is 5.96 Å². The topological polar surface area (TPSA) is 52.8 Å². The largest absolute Gasteiger partial charge is 0.508 e. The predicted octanol–water partition coefficient (Wildman–Crippen LogP) is 2.82. The second-order valence-electron chi connectivity index (χ2n) is 6.78. The molecule has 0 amide bonds. The maximum Gasteiger partial charge on any atom is 0.194 e. The number of hydrogen-bond acceptors (Lipinski definition) is 2. The first-order valence-corrected chi connectivity index (χ1v) is 8.94. The number of rotatable bonds is 4. The van der Waals surface area contributed by atoms with Gasteiger partial charge in [-0.15, -0.1) is 0 Å². The summed E-state index contributed by atoms with van der Waals surface area (Å²) in [6, 6.07) is 8.07. The van der Waals surface area contributed by atoms with E-state index in [2.05, 4.69) is 31.9 Å². The van der Waals surface area contributed by atoms with Crippen LogP contribution in [0.1, 0.15) is 35.2 Å². The molecular weight excluding hydrogens is 312 g/mol. The van der Waals surface area contributed by atoms with Crippen LogP contribution in [0.15, 0.2) is 35.5 Å². The Morgan fingerprint density at radius 1 is 1.28 bits per heavy atom. The summed E-state index contributed by atoms with van der Waals surface area (Å²) < 4.78 is 2.11. The molecule has 0 unspecified atom stereocenters. The summed E-state index contributed by atoms with van der Waals surface area (Å²) in [6.07, 6.45) is 6.66. The van der Waals surface area contributed by atoms with Crippen LogP contribution in [0.3, 0.4) is 0 Å². The molecule has 25 heavy (non-hydrogen) atoms. The van der Waals surface area contributed by atoms with Crippen molar-refractivity contribution < 1.29 is 5.11 Å². The van der Waals surface area contributed by atoms with E-state index >= 15 is 0 Å². The van der Waals surface area contributed by atoms with Gasteiger partial charge in [0, 0.05) is 45.1 Å². The highest BCUT2D eigenvalue weighted by Crippen LogP contribution is 2.30. The zero-order valence-electron chi connectivity index (χ0n) is 15.4. The van der Waals surface area contributed by atoms with E-state index < -0.39 is 0 Å². The fourth-order valence-corrected chi connectivity index (χ4v) is 3.62. The summed E-state index contributed by atoms with van der Waals surface area (Å²) in [5.74, 6) is 1.21. The highest BCUT2D eigenvalue weighted by Gasteiger charge is 2.17. The number of fused-ring (bicyclic) bond motifs is 1. The van der Waals surface area contributed by atoms with Crippen molar-refractivity contribution in [2.75, 3.05) is 14.1 Å². The number of nitrogens with zero attached hydrogens (tertiary/aromatic N) is 3. The maximum absolute atomic E-state index is 10.3. The molecule has 2 aromatic rings. The van der Waals surface area contributed by atoms with E-state index in [1.807, 2.05) is 32.4 Å². The molecular formula is C20H28N4O. The molecule has 1 aromatic heterocycles. The minimum atomic E-state index is 0.383. The van der Waals surface area contributed by atoms with Gasteiger partial charge in [-0.05, 0) is 55.0 Å². The highest BCUT2D eigenvalue weighted by molar-refractivity contribution is 5.79. The molecule has 1 aliphatic rings. The fourth-order valence-electron chi connectivity index (χ4n) is 3.62. The minimum Gasteiger partial charge on any atom is -0.508 e. The van der Waals surface area contributed by atoms with Crippen molar-refractivity contribution in [2.24, 2.45) is 12.0 Å². The molecule has 0 aliphatic heterocycles. The summed E-state index contributed by atoms with van der Waals surface area (Å²) >= 11 is 0. The Kier molecular flexibility index (Phi) is 5.31. The Bertz CT molecular complexity index is 763. The van der Waals surface area contributed by atoms with Crippen LogP contribution in [0.2, 0.25) is 0 Å². The van der Waals surface area contributed by atoms with Crippen molar-refractivity contribution in [3.8, 4) is 5.75 Å². The molecule has 5 heteroatoms. The number of phenols is 1. The lowest BCUT2D eigenvalue weighted by molar-refractivity contribution is 0.451. The molecule has 0 saturated carbocycles. The quantitative estimate of drug-likeness (QED) is 0.665. The van der Waals surface area contributed by atoms with Crippen molar-refractivity contribution in [3.63, 3.8) is 0 Å². The van der Waals surface area contributed by atoms with Crippen molar-refractivity contribution in [2.45, 2.75) is 38.8 Å². The Morgan fingerprint density at radius 2 is 2.08 bits per heavy atom. The number of guanidine groups is 1. The van der Waals surface area contributed by atoms with Crippen molar-refractivity contribution >= 4 is 5.96 Å². The second-order valence-corrected chi connectivity index (χ2v) is 6.78. The van der Waals surface area contributed by atoms with Gasteiger partial charge in [0.1, 0.15) is 5.75 Å². The molecule has 1 heterocycles. The lowest BCUT2D eigenvalue weighted by atomic mass is 9.88. The van der Waals surface area contributed by atoms with Crippen LogP contribution in [0.4, 0.5) is 0 Å². The second kappa shape index (κ2) is 7.64. The van der Waals surface area contributed by atoms with E-state index in [0.29, 0.717) is 12.3 Å². The van der Waals surface area contributed by atoms with Crippen LogP contribution in [0.25, 0.3) is 0 Å². The Balaban J connectivity index is 1.70. The van der Waals surface area contributed by atoms with Crippen LogP contribution >= 0.6 is 0 Å². The van der Waals surface area contributed by atoms with Gasteiger partial charge in [0.05, 0.1) is 6.54 Å². The monoisotopic (exact) mass is 340 g/mol. The van der Waals surface area contributed by atoms with Crippen LogP contribution in [0, 0.1) is 0 Å². The van der Waals surface area contributed by atoms with Gasteiger partial charge in [0.25, 0.3) is 0 Å². The van der Waals surface area contributed by atoms with E-state index in [9.17, 15) is 5.11 Å². The zero-order valence-corrected chi connectivity index (χ0v) is 15.4. The molecule has 0 radical (unpaired) electrons. The normalized spacial score (nSPS) is 14.3. The first-order chi connectivity index (χ1) is 12.1. The van der Waals surface area contributed by atoms with Gasteiger partial charge in [-0.1, -0.05) is 6.07 Å². The number of aromatic nitrogens is 1. The SMILES string of the molecule is CN=C(NCc1c(O)ccc2c1CCCC2)N(C)Cc1cccn1C. The van der Waals surface area contributed by atoms with E-state index in [1.165, 1.54) is 29.7 Å². The van der Waals surface area contributed by atoms with E-state index in [0.717, 1.165) is 30.9 Å². The highest BCUT2D eigenvalue weighted by atomic mass is 16.3. The Morgan fingerprint density at radius 3 is 2.80 bits per heavy atom. The van der Waals surface area contributed by atoms with Crippen LogP contribution in [-0.4, -0.2) is 34.6 Å². The summed E-state index contributed by atoms with van der Waals surface area (Å²) in [5, 5.41) is 13.8. The lowest BCUT2D eigenvalue weighted by Gasteiger charge is -2.25. The summed E-state index contributed by atoms with van der Waals surface area (Å²) in [7, 11) is 5.88. The number of nitrogens with one attached hydrogen (secondary N) is 1. The third kappa shape index (κ3) is 3.81. The molecule has 0 atom stereocenters. The maximum atomic E-state index is 10.3. The molecule has 1 aromatic carbocycles. The lowest BCUT2D eigenvalue weighted by Crippen LogP contribution is -2.38. The van der Waals surface area contributed by atoms with E-state index in [4.69, 9.17) is 0 Å². The molecule has 134 valence electrons. The minimum absolute atomic E-state index is 0.383. The predicted molar refractivity (Wildman–Crippen MR) is 102 cm³/mol. The number of benzene rings is 1. The molecule has 0 saturated heterocycles. The van der Waals surface area contributed by atoms with Gasteiger partial charge >= 0.3 is 0 Å². The van der Waals surface area contributed by atoms with E-state index in [1.54, 1.807) is 7.05 Å². The number of aromatic hydroxyl groups is 1. The van der Waals surface area contributed by atoms with Crippen LogP contribution in [0.5, 0.6) is 5.75 Å². The number of phenolic OH excluding ortho intramolecular Hbond substituents is 1. The fraction of sp³-hybridized carbons (Fsp3) is 0.450. The molecule has 2 N–H and O–H groups in total. The van der Waals surface area contributed by atoms with Crippen LogP contribution in [-0.2, 0) is 33.0 Å².